The first-order chi connectivity index (χ1) is 8.88. The summed E-state index contributed by atoms with van der Waals surface area (Å²) < 4.78 is 33.0. The van der Waals surface area contributed by atoms with Crippen LogP contribution in [0.4, 0.5) is 0 Å². The Balaban J connectivity index is 2.75. The van der Waals surface area contributed by atoms with Gasteiger partial charge in [-0.05, 0) is 19.1 Å². The lowest BCUT2D eigenvalue weighted by Gasteiger charge is -2.10. The van der Waals surface area contributed by atoms with Crippen molar-refractivity contribution in [2.75, 3.05) is 19.8 Å². The van der Waals surface area contributed by atoms with Crippen LogP contribution in [0.15, 0.2) is 17.0 Å². The minimum atomic E-state index is -3.92. The highest BCUT2D eigenvalue weighted by Crippen LogP contribution is 2.37. The van der Waals surface area contributed by atoms with Gasteiger partial charge in [-0.25, -0.2) is 8.42 Å². The molecule has 8 heteroatoms. The maximum absolute atomic E-state index is 11.2. The summed E-state index contributed by atoms with van der Waals surface area (Å²) in [4.78, 5) is -0.234. The van der Waals surface area contributed by atoms with Crippen molar-refractivity contribution < 1.29 is 17.9 Å². The molecule has 0 aromatic heterocycles. The van der Waals surface area contributed by atoms with Crippen LogP contribution in [0.3, 0.4) is 0 Å². The van der Waals surface area contributed by atoms with Gasteiger partial charge in [0.1, 0.15) is 15.7 Å². The second-order valence-corrected chi connectivity index (χ2v) is 6.82. The van der Waals surface area contributed by atoms with E-state index in [1.807, 2.05) is 6.92 Å². The topological polar surface area (TPSA) is 52.6 Å². The van der Waals surface area contributed by atoms with Crippen molar-refractivity contribution in [3.63, 3.8) is 0 Å². The van der Waals surface area contributed by atoms with E-state index in [2.05, 4.69) is 0 Å². The first-order valence-electron chi connectivity index (χ1n) is 5.51. The van der Waals surface area contributed by atoms with E-state index in [1.165, 1.54) is 12.1 Å². The van der Waals surface area contributed by atoms with E-state index in [1.54, 1.807) is 0 Å². The smallest absolute Gasteiger partial charge is 0.262 e. The Morgan fingerprint density at radius 3 is 2.42 bits per heavy atom. The van der Waals surface area contributed by atoms with Crippen molar-refractivity contribution >= 4 is 42.9 Å². The average Bonchev–Trinajstić information content (AvgIpc) is 2.32. The predicted octanol–water partition coefficient (Wildman–Crippen LogP) is 3.73. The van der Waals surface area contributed by atoms with Gasteiger partial charge < -0.3 is 9.47 Å². The standard InChI is InChI=1S/C11H13Cl3O4S/c1-2-17-6-3-7-18-8-4-5-9(19(14,15)16)11(13)10(8)12/h4-5H,2-3,6-7H2,1H3. The molecule has 0 spiro atoms. The highest BCUT2D eigenvalue weighted by Gasteiger charge is 2.19. The Morgan fingerprint density at radius 1 is 1.16 bits per heavy atom. The molecule has 4 nitrogen and oxygen atoms in total. The number of rotatable bonds is 7. The third kappa shape index (κ3) is 5.00. The summed E-state index contributed by atoms with van der Waals surface area (Å²) in [7, 11) is 1.30. The second-order valence-electron chi connectivity index (χ2n) is 3.53. The molecule has 108 valence electrons. The lowest BCUT2D eigenvalue weighted by molar-refractivity contribution is 0.131. The summed E-state index contributed by atoms with van der Waals surface area (Å²) in [5.41, 5.74) is 0. The molecule has 0 bridgehead atoms. The summed E-state index contributed by atoms with van der Waals surface area (Å²) >= 11 is 11.8. The summed E-state index contributed by atoms with van der Waals surface area (Å²) in [6.07, 6.45) is 0.692. The number of halogens is 3. The van der Waals surface area contributed by atoms with Crippen LogP contribution in [0.1, 0.15) is 13.3 Å². The van der Waals surface area contributed by atoms with Crippen molar-refractivity contribution in [2.45, 2.75) is 18.2 Å². The quantitative estimate of drug-likeness (QED) is 0.557. The Hall–Kier alpha value is -0.200. The first kappa shape index (κ1) is 16.9. The molecule has 0 fully saturated rings. The fraction of sp³-hybridized carbons (Fsp3) is 0.455. The molecule has 0 saturated heterocycles. The zero-order valence-corrected chi connectivity index (χ0v) is 13.2. The minimum Gasteiger partial charge on any atom is -0.492 e. The SMILES string of the molecule is CCOCCCOc1ccc(S(=O)(=O)Cl)c(Cl)c1Cl. The lowest BCUT2D eigenvalue weighted by atomic mass is 10.3. The third-order valence-corrected chi connectivity index (χ3v) is 4.51. The zero-order valence-electron chi connectivity index (χ0n) is 10.2. The van der Waals surface area contributed by atoms with E-state index in [4.69, 9.17) is 43.4 Å². The zero-order chi connectivity index (χ0) is 14.5. The molecular weight excluding hydrogens is 335 g/mol. The van der Waals surface area contributed by atoms with E-state index in [0.717, 1.165) is 0 Å². The summed E-state index contributed by atoms with van der Waals surface area (Å²) in [5, 5.41) is -0.112. The largest absolute Gasteiger partial charge is 0.492 e. The number of ether oxygens (including phenoxy) is 2. The van der Waals surface area contributed by atoms with Crippen LogP contribution in [-0.4, -0.2) is 28.2 Å². The molecule has 19 heavy (non-hydrogen) atoms. The number of hydrogen-bond donors (Lipinski definition) is 0. The fourth-order valence-electron chi connectivity index (χ4n) is 1.30. The van der Waals surface area contributed by atoms with Crippen molar-refractivity contribution in [2.24, 2.45) is 0 Å². The average molecular weight is 348 g/mol. The molecule has 0 aliphatic rings. The molecule has 1 aromatic rings. The van der Waals surface area contributed by atoms with Crippen molar-refractivity contribution in [1.82, 2.24) is 0 Å². The van der Waals surface area contributed by atoms with Gasteiger partial charge in [0.2, 0.25) is 0 Å². The Kier molecular flexibility index (Phi) is 6.69. The third-order valence-electron chi connectivity index (χ3n) is 2.17. The second kappa shape index (κ2) is 7.55. The first-order valence-corrected chi connectivity index (χ1v) is 8.57. The van der Waals surface area contributed by atoms with E-state index in [0.29, 0.717) is 32.0 Å². The minimum absolute atomic E-state index is 0.0276. The Bertz CT molecular complexity index is 531. The molecule has 0 aliphatic heterocycles. The molecule has 0 saturated carbocycles. The van der Waals surface area contributed by atoms with E-state index < -0.39 is 9.05 Å². The summed E-state index contributed by atoms with van der Waals surface area (Å²) in [6, 6.07) is 2.68. The van der Waals surface area contributed by atoms with Crippen LogP contribution in [0, 0.1) is 0 Å². The van der Waals surface area contributed by atoms with Crippen molar-refractivity contribution in [3.8, 4) is 5.75 Å². The highest BCUT2D eigenvalue weighted by atomic mass is 35.7. The Morgan fingerprint density at radius 2 is 1.84 bits per heavy atom. The van der Waals surface area contributed by atoms with E-state index >= 15 is 0 Å². The number of hydrogen-bond acceptors (Lipinski definition) is 4. The monoisotopic (exact) mass is 346 g/mol. The van der Waals surface area contributed by atoms with E-state index in [9.17, 15) is 8.42 Å². The molecular formula is C11H13Cl3O4S. The molecule has 0 atom stereocenters. The van der Waals surface area contributed by atoms with Crippen LogP contribution in [0.25, 0.3) is 0 Å². The van der Waals surface area contributed by atoms with Crippen LogP contribution < -0.4 is 4.74 Å². The van der Waals surface area contributed by atoms with Crippen molar-refractivity contribution in [3.05, 3.63) is 22.2 Å². The lowest BCUT2D eigenvalue weighted by Crippen LogP contribution is -2.04. The highest BCUT2D eigenvalue weighted by molar-refractivity contribution is 8.13. The van der Waals surface area contributed by atoms with Crippen LogP contribution in [0.5, 0.6) is 5.75 Å². The fourth-order valence-corrected chi connectivity index (χ4v) is 3.09. The molecule has 0 aliphatic carbocycles. The molecule has 0 heterocycles. The molecule has 0 unspecified atom stereocenters. The normalized spacial score (nSPS) is 11.6. The summed E-state index contributed by atoms with van der Waals surface area (Å²) in [6.45, 7) is 3.52. The van der Waals surface area contributed by atoms with E-state index in [-0.39, 0.29) is 14.9 Å². The van der Waals surface area contributed by atoms with Gasteiger partial charge >= 0.3 is 0 Å². The Labute approximate surface area is 127 Å². The van der Waals surface area contributed by atoms with Crippen molar-refractivity contribution in [1.29, 1.82) is 0 Å². The molecule has 0 N–H and O–H groups in total. The maximum Gasteiger partial charge on any atom is 0.262 e. The predicted molar refractivity (Wildman–Crippen MR) is 76.1 cm³/mol. The molecule has 0 radical (unpaired) electrons. The van der Waals surface area contributed by atoms with Gasteiger partial charge in [-0.2, -0.15) is 0 Å². The van der Waals surface area contributed by atoms with Gasteiger partial charge in [-0.1, -0.05) is 23.2 Å². The van der Waals surface area contributed by atoms with Crippen LogP contribution in [-0.2, 0) is 13.8 Å². The van der Waals surface area contributed by atoms with Gasteiger partial charge in [0, 0.05) is 30.3 Å². The van der Waals surface area contributed by atoms with Crippen LogP contribution >= 0.6 is 33.9 Å². The maximum atomic E-state index is 11.2. The van der Waals surface area contributed by atoms with Gasteiger partial charge in [-0.3, -0.25) is 0 Å². The van der Waals surface area contributed by atoms with Gasteiger partial charge in [0.25, 0.3) is 9.05 Å². The summed E-state index contributed by atoms with van der Waals surface area (Å²) in [5.74, 6) is 0.312. The molecule has 1 rings (SSSR count). The molecule has 1 aromatic carbocycles. The van der Waals surface area contributed by atoms with Crippen LogP contribution in [0.2, 0.25) is 10.0 Å². The number of benzene rings is 1. The van der Waals surface area contributed by atoms with Gasteiger partial charge in [0.15, 0.2) is 0 Å². The molecule has 0 amide bonds. The van der Waals surface area contributed by atoms with Gasteiger partial charge in [-0.15, -0.1) is 0 Å². The van der Waals surface area contributed by atoms with Gasteiger partial charge in [0.05, 0.1) is 11.6 Å².